The fourth-order valence-electron chi connectivity index (χ4n) is 2.47. The molecule has 7 nitrogen and oxygen atoms in total. The average Bonchev–Trinajstić information content (AvgIpc) is 2.60. The number of urea groups is 1. The maximum absolute atomic E-state index is 12.0. The maximum atomic E-state index is 12.0. The molecule has 3 N–H and O–H groups in total. The molecule has 1 aliphatic rings. The van der Waals surface area contributed by atoms with E-state index in [1.165, 1.54) is 0 Å². The highest BCUT2D eigenvalue weighted by Gasteiger charge is 2.10. The van der Waals surface area contributed by atoms with Crippen molar-refractivity contribution in [1.82, 2.24) is 10.2 Å². The number of amides is 3. The Morgan fingerprint density at radius 1 is 1.16 bits per heavy atom. The number of hydrogen-bond donors (Lipinski definition) is 3. The third-order valence-corrected chi connectivity index (χ3v) is 3.95. The van der Waals surface area contributed by atoms with E-state index in [2.05, 4.69) is 20.9 Å². The monoisotopic (exact) mass is 348 g/mol. The molecular formula is C18H28N4O3. The molecule has 1 heterocycles. The summed E-state index contributed by atoms with van der Waals surface area (Å²) in [4.78, 5) is 26.0. The van der Waals surface area contributed by atoms with Crippen molar-refractivity contribution in [1.29, 1.82) is 0 Å². The highest BCUT2D eigenvalue weighted by Crippen LogP contribution is 2.15. The van der Waals surface area contributed by atoms with E-state index >= 15 is 0 Å². The van der Waals surface area contributed by atoms with E-state index in [0.29, 0.717) is 17.9 Å². The lowest BCUT2D eigenvalue weighted by Crippen LogP contribution is -2.38. The number of rotatable bonds is 7. The molecule has 1 fully saturated rings. The third-order valence-electron chi connectivity index (χ3n) is 3.95. The Morgan fingerprint density at radius 3 is 2.52 bits per heavy atom. The van der Waals surface area contributed by atoms with E-state index in [1.807, 2.05) is 13.8 Å². The van der Waals surface area contributed by atoms with Crippen LogP contribution in [0.4, 0.5) is 16.2 Å². The van der Waals surface area contributed by atoms with Crippen molar-refractivity contribution >= 4 is 23.3 Å². The second-order valence-electron chi connectivity index (χ2n) is 6.41. The summed E-state index contributed by atoms with van der Waals surface area (Å²) in [5, 5.41) is 8.46. The van der Waals surface area contributed by atoms with Crippen LogP contribution in [0.25, 0.3) is 0 Å². The molecule has 1 saturated heterocycles. The van der Waals surface area contributed by atoms with Crippen LogP contribution in [0.2, 0.25) is 0 Å². The molecule has 7 heteroatoms. The number of benzene rings is 1. The van der Waals surface area contributed by atoms with Gasteiger partial charge in [-0.05, 0) is 31.2 Å². The molecule has 138 valence electrons. The normalized spacial score (nSPS) is 15.0. The Balaban J connectivity index is 1.70. The van der Waals surface area contributed by atoms with Crippen molar-refractivity contribution in [3.8, 4) is 0 Å². The summed E-state index contributed by atoms with van der Waals surface area (Å²) in [6.07, 6.45) is 0.901. The van der Waals surface area contributed by atoms with Gasteiger partial charge in [-0.2, -0.15) is 0 Å². The van der Waals surface area contributed by atoms with E-state index < -0.39 is 0 Å². The van der Waals surface area contributed by atoms with E-state index in [0.717, 1.165) is 39.3 Å². The number of ether oxygens (including phenoxy) is 1. The maximum Gasteiger partial charge on any atom is 0.319 e. The lowest BCUT2D eigenvalue weighted by Gasteiger charge is -2.26. The lowest BCUT2D eigenvalue weighted by atomic mass is 10.2. The molecule has 0 spiro atoms. The van der Waals surface area contributed by atoms with Gasteiger partial charge in [0.25, 0.3) is 0 Å². The molecular weight excluding hydrogens is 320 g/mol. The minimum atomic E-state index is -0.241. The van der Waals surface area contributed by atoms with Gasteiger partial charge >= 0.3 is 6.03 Å². The predicted octanol–water partition coefficient (Wildman–Crippen LogP) is 2.12. The van der Waals surface area contributed by atoms with Crippen LogP contribution >= 0.6 is 0 Å². The van der Waals surface area contributed by atoms with Crippen molar-refractivity contribution < 1.29 is 14.3 Å². The summed E-state index contributed by atoms with van der Waals surface area (Å²) in [6.45, 7) is 8.74. The van der Waals surface area contributed by atoms with Gasteiger partial charge in [0.15, 0.2) is 0 Å². The van der Waals surface area contributed by atoms with Gasteiger partial charge < -0.3 is 20.7 Å². The third kappa shape index (κ3) is 7.11. The number of nitrogens with zero attached hydrogens (tertiary/aromatic N) is 1. The summed E-state index contributed by atoms with van der Waals surface area (Å²) in [5.41, 5.74) is 1.32. The van der Waals surface area contributed by atoms with Crippen molar-refractivity contribution in [3.63, 3.8) is 0 Å². The Labute approximate surface area is 149 Å². The number of anilines is 2. The van der Waals surface area contributed by atoms with Crippen LogP contribution < -0.4 is 16.0 Å². The van der Waals surface area contributed by atoms with Gasteiger partial charge in [0.05, 0.1) is 13.2 Å². The molecule has 0 aliphatic carbocycles. The fourth-order valence-corrected chi connectivity index (χ4v) is 2.47. The summed E-state index contributed by atoms with van der Waals surface area (Å²) in [7, 11) is 0. The van der Waals surface area contributed by atoms with Crippen LogP contribution in [0.3, 0.4) is 0 Å². The average molecular weight is 348 g/mol. The first-order valence-electron chi connectivity index (χ1n) is 8.80. The molecule has 3 amide bonds. The van der Waals surface area contributed by atoms with Crippen LogP contribution in [0, 0.1) is 5.92 Å². The van der Waals surface area contributed by atoms with Crippen LogP contribution in [-0.2, 0) is 9.53 Å². The van der Waals surface area contributed by atoms with E-state index in [1.54, 1.807) is 24.3 Å². The number of hydrogen-bond acceptors (Lipinski definition) is 4. The van der Waals surface area contributed by atoms with Gasteiger partial charge in [-0.25, -0.2) is 4.79 Å². The fraction of sp³-hybridized carbons (Fsp3) is 0.556. The number of carbonyl (C=O) groups is 2. The van der Waals surface area contributed by atoms with E-state index in [4.69, 9.17) is 4.74 Å². The Bertz CT molecular complexity index is 571. The van der Waals surface area contributed by atoms with Gasteiger partial charge in [-0.1, -0.05) is 19.9 Å². The standard InChI is InChI=1S/C18H28N4O3/c1-14(2)17(23)20-15-5-3-6-16(13-15)21-18(24)19-7-4-8-22-9-11-25-12-10-22/h3,5-6,13-14H,4,7-12H2,1-2H3,(H,20,23)(H2,19,21,24). The molecule has 25 heavy (non-hydrogen) atoms. The number of carbonyl (C=O) groups excluding carboxylic acids is 2. The molecule has 0 aromatic heterocycles. The first-order chi connectivity index (χ1) is 12.0. The Kier molecular flexibility index (Phi) is 7.69. The second kappa shape index (κ2) is 10.0. The SMILES string of the molecule is CC(C)C(=O)Nc1cccc(NC(=O)NCCCN2CCOCC2)c1. The van der Waals surface area contributed by atoms with Gasteiger partial charge in [0.1, 0.15) is 0 Å². The minimum Gasteiger partial charge on any atom is -0.379 e. The van der Waals surface area contributed by atoms with Gasteiger partial charge in [-0.15, -0.1) is 0 Å². The molecule has 0 saturated carbocycles. The Morgan fingerprint density at radius 2 is 1.84 bits per heavy atom. The van der Waals surface area contributed by atoms with E-state index in [9.17, 15) is 9.59 Å². The zero-order chi connectivity index (χ0) is 18.1. The van der Waals surface area contributed by atoms with Gasteiger partial charge in [-0.3, -0.25) is 9.69 Å². The largest absolute Gasteiger partial charge is 0.379 e. The lowest BCUT2D eigenvalue weighted by molar-refractivity contribution is -0.118. The zero-order valence-electron chi connectivity index (χ0n) is 15.0. The molecule has 0 bridgehead atoms. The van der Waals surface area contributed by atoms with E-state index in [-0.39, 0.29) is 17.9 Å². The molecule has 0 radical (unpaired) electrons. The molecule has 1 aromatic rings. The minimum absolute atomic E-state index is 0.0512. The molecule has 1 aromatic carbocycles. The topological polar surface area (TPSA) is 82.7 Å². The van der Waals surface area contributed by atoms with Crippen molar-refractivity contribution in [2.45, 2.75) is 20.3 Å². The smallest absolute Gasteiger partial charge is 0.319 e. The molecule has 2 rings (SSSR count). The zero-order valence-corrected chi connectivity index (χ0v) is 15.0. The quantitative estimate of drug-likeness (QED) is 0.659. The number of morpholine rings is 1. The van der Waals surface area contributed by atoms with Crippen molar-refractivity contribution in [3.05, 3.63) is 24.3 Å². The van der Waals surface area contributed by atoms with Crippen LogP contribution in [0.15, 0.2) is 24.3 Å². The summed E-state index contributed by atoms with van der Waals surface area (Å²) >= 11 is 0. The first kappa shape index (κ1) is 19.2. The Hall–Kier alpha value is -2.12. The second-order valence-corrected chi connectivity index (χ2v) is 6.41. The van der Waals surface area contributed by atoms with Crippen LogP contribution in [0.5, 0.6) is 0 Å². The van der Waals surface area contributed by atoms with Crippen LogP contribution in [-0.4, -0.2) is 56.2 Å². The van der Waals surface area contributed by atoms with Gasteiger partial charge in [0.2, 0.25) is 5.91 Å². The number of nitrogens with one attached hydrogen (secondary N) is 3. The summed E-state index contributed by atoms with van der Waals surface area (Å²) in [6, 6.07) is 6.89. The molecule has 0 atom stereocenters. The van der Waals surface area contributed by atoms with Crippen molar-refractivity contribution in [2.75, 3.05) is 50.0 Å². The molecule has 1 aliphatic heterocycles. The van der Waals surface area contributed by atoms with Crippen LogP contribution in [0.1, 0.15) is 20.3 Å². The molecule has 0 unspecified atom stereocenters. The van der Waals surface area contributed by atoms with Gasteiger partial charge in [0, 0.05) is 36.9 Å². The summed E-state index contributed by atoms with van der Waals surface area (Å²) in [5.74, 6) is -0.143. The van der Waals surface area contributed by atoms with Crippen molar-refractivity contribution in [2.24, 2.45) is 5.92 Å². The predicted molar refractivity (Wildman–Crippen MR) is 98.8 cm³/mol. The highest BCUT2D eigenvalue weighted by atomic mass is 16.5. The highest BCUT2D eigenvalue weighted by molar-refractivity contribution is 5.94. The summed E-state index contributed by atoms with van der Waals surface area (Å²) < 4.78 is 5.31. The first-order valence-corrected chi connectivity index (χ1v) is 8.80.